The van der Waals surface area contributed by atoms with Crippen molar-refractivity contribution in [3.8, 4) is 11.5 Å². The van der Waals surface area contributed by atoms with E-state index in [-0.39, 0.29) is 0 Å². The Morgan fingerprint density at radius 1 is 1.10 bits per heavy atom. The normalized spacial score (nSPS) is 12.1. The quantitative estimate of drug-likeness (QED) is 0.859. The standard InChI is InChI=1S/C16H16BrClO3/c1-9-6-14(20-2)15(21-3)8-11(9)16(19)10-4-5-12(17)13(18)7-10/h4-8,16,19H,1-3H3. The van der Waals surface area contributed by atoms with Gasteiger partial charge in [0.1, 0.15) is 6.10 Å². The largest absolute Gasteiger partial charge is 0.493 e. The van der Waals surface area contributed by atoms with E-state index >= 15 is 0 Å². The third kappa shape index (κ3) is 3.34. The number of ether oxygens (including phenoxy) is 2. The lowest BCUT2D eigenvalue weighted by atomic mass is 9.97. The number of halogens is 2. The number of hydrogen-bond donors (Lipinski definition) is 1. The molecule has 1 unspecified atom stereocenters. The molecule has 0 bridgehead atoms. The van der Waals surface area contributed by atoms with E-state index in [1.54, 1.807) is 26.4 Å². The van der Waals surface area contributed by atoms with Crippen molar-refractivity contribution < 1.29 is 14.6 Å². The number of benzene rings is 2. The Morgan fingerprint density at radius 3 is 2.29 bits per heavy atom. The van der Waals surface area contributed by atoms with Crippen molar-refractivity contribution in [2.24, 2.45) is 0 Å². The van der Waals surface area contributed by atoms with Crippen molar-refractivity contribution in [2.45, 2.75) is 13.0 Å². The van der Waals surface area contributed by atoms with Crippen LogP contribution >= 0.6 is 27.5 Å². The van der Waals surface area contributed by atoms with Gasteiger partial charge in [0.25, 0.3) is 0 Å². The summed E-state index contributed by atoms with van der Waals surface area (Å²) in [5, 5.41) is 11.2. The molecule has 0 aliphatic rings. The van der Waals surface area contributed by atoms with E-state index in [0.717, 1.165) is 21.2 Å². The highest BCUT2D eigenvalue weighted by Gasteiger charge is 2.17. The summed E-state index contributed by atoms with van der Waals surface area (Å²) in [6.45, 7) is 1.92. The minimum absolute atomic E-state index is 0.560. The van der Waals surface area contributed by atoms with Crippen LogP contribution in [0.2, 0.25) is 5.02 Å². The monoisotopic (exact) mass is 370 g/mol. The Hall–Kier alpha value is -1.23. The smallest absolute Gasteiger partial charge is 0.161 e. The fourth-order valence-electron chi connectivity index (χ4n) is 2.15. The predicted octanol–water partition coefficient (Wildman–Crippen LogP) is 4.51. The number of methoxy groups -OCH3 is 2. The van der Waals surface area contributed by atoms with Crippen molar-refractivity contribution in [1.82, 2.24) is 0 Å². The molecule has 0 saturated carbocycles. The average Bonchev–Trinajstić information content (AvgIpc) is 2.49. The second-order valence-electron chi connectivity index (χ2n) is 4.64. The molecule has 1 atom stereocenters. The number of hydrogen-bond acceptors (Lipinski definition) is 3. The van der Waals surface area contributed by atoms with E-state index in [0.29, 0.717) is 16.5 Å². The lowest BCUT2D eigenvalue weighted by Gasteiger charge is -2.18. The van der Waals surface area contributed by atoms with Gasteiger partial charge in [0.15, 0.2) is 11.5 Å². The molecule has 0 amide bonds. The third-order valence-electron chi connectivity index (χ3n) is 3.33. The molecule has 3 nitrogen and oxygen atoms in total. The molecular weight excluding hydrogens is 356 g/mol. The third-order valence-corrected chi connectivity index (χ3v) is 4.56. The Kier molecular flexibility index (Phi) is 5.14. The molecule has 0 aliphatic heterocycles. The van der Waals surface area contributed by atoms with Crippen molar-refractivity contribution in [2.75, 3.05) is 14.2 Å². The van der Waals surface area contributed by atoms with Gasteiger partial charge >= 0.3 is 0 Å². The number of aliphatic hydroxyl groups excluding tert-OH is 1. The highest BCUT2D eigenvalue weighted by atomic mass is 79.9. The Balaban J connectivity index is 2.47. The molecular formula is C16H16BrClO3. The molecule has 21 heavy (non-hydrogen) atoms. The van der Waals surface area contributed by atoms with Gasteiger partial charge in [0, 0.05) is 4.47 Å². The molecule has 0 saturated heterocycles. The van der Waals surface area contributed by atoms with Crippen molar-refractivity contribution >= 4 is 27.5 Å². The number of aryl methyl sites for hydroxylation is 1. The van der Waals surface area contributed by atoms with Gasteiger partial charge in [0.05, 0.1) is 19.2 Å². The maximum absolute atomic E-state index is 10.6. The summed E-state index contributed by atoms with van der Waals surface area (Å²) in [4.78, 5) is 0. The molecule has 1 N–H and O–H groups in total. The van der Waals surface area contributed by atoms with Gasteiger partial charge in [-0.2, -0.15) is 0 Å². The summed E-state index contributed by atoms with van der Waals surface area (Å²) in [5.74, 6) is 1.22. The molecule has 0 fully saturated rings. The Morgan fingerprint density at radius 2 is 1.71 bits per heavy atom. The maximum atomic E-state index is 10.6. The topological polar surface area (TPSA) is 38.7 Å². The summed E-state index contributed by atoms with van der Waals surface area (Å²) >= 11 is 9.43. The van der Waals surface area contributed by atoms with Gasteiger partial charge in [0.2, 0.25) is 0 Å². The van der Waals surface area contributed by atoms with Crippen LogP contribution in [-0.4, -0.2) is 19.3 Å². The van der Waals surface area contributed by atoms with Crippen LogP contribution in [0.5, 0.6) is 11.5 Å². The van der Waals surface area contributed by atoms with Gasteiger partial charge < -0.3 is 14.6 Å². The predicted molar refractivity (Wildman–Crippen MR) is 87.5 cm³/mol. The first-order valence-electron chi connectivity index (χ1n) is 6.33. The van der Waals surface area contributed by atoms with Gasteiger partial charge in [-0.3, -0.25) is 0 Å². The lowest BCUT2D eigenvalue weighted by molar-refractivity contribution is 0.218. The van der Waals surface area contributed by atoms with Gasteiger partial charge in [-0.1, -0.05) is 17.7 Å². The van der Waals surface area contributed by atoms with Crippen LogP contribution in [-0.2, 0) is 0 Å². The first kappa shape index (κ1) is 16.1. The molecule has 2 rings (SSSR count). The number of rotatable bonds is 4. The Bertz CT molecular complexity index is 658. The van der Waals surface area contributed by atoms with Crippen LogP contribution in [0.25, 0.3) is 0 Å². The zero-order chi connectivity index (χ0) is 15.6. The first-order valence-corrected chi connectivity index (χ1v) is 7.50. The highest BCUT2D eigenvalue weighted by molar-refractivity contribution is 9.10. The van der Waals surface area contributed by atoms with Crippen LogP contribution < -0.4 is 9.47 Å². The fourth-order valence-corrected chi connectivity index (χ4v) is 2.59. The van der Waals surface area contributed by atoms with Crippen LogP contribution in [0.3, 0.4) is 0 Å². The van der Waals surface area contributed by atoms with Crippen molar-refractivity contribution in [3.63, 3.8) is 0 Å². The van der Waals surface area contributed by atoms with E-state index < -0.39 is 6.10 Å². The minimum atomic E-state index is -0.782. The maximum Gasteiger partial charge on any atom is 0.161 e. The second kappa shape index (κ2) is 6.69. The lowest BCUT2D eigenvalue weighted by Crippen LogP contribution is -2.04. The van der Waals surface area contributed by atoms with Crippen LogP contribution in [0.1, 0.15) is 22.8 Å². The van der Waals surface area contributed by atoms with E-state index in [9.17, 15) is 5.11 Å². The van der Waals surface area contributed by atoms with Crippen molar-refractivity contribution in [3.05, 3.63) is 56.5 Å². The SMILES string of the molecule is COc1cc(C)c(C(O)c2ccc(Br)c(Cl)c2)cc1OC. The Labute approximate surface area is 137 Å². The van der Waals surface area contributed by atoms with Gasteiger partial charge in [-0.05, 0) is 63.8 Å². The van der Waals surface area contributed by atoms with E-state index in [2.05, 4.69) is 15.9 Å². The summed E-state index contributed by atoms with van der Waals surface area (Å²) < 4.78 is 11.3. The molecule has 2 aromatic carbocycles. The van der Waals surface area contributed by atoms with E-state index in [1.165, 1.54) is 0 Å². The van der Waals surface area contributed by atoms with Gasteiger partial charge in [-0.15, -0.1) is 0 Å². The van der Waals surface area contributed by atoms with E-state index in [1.807, 2.05) is 25.1 Å². The summed E-state index contributed by atoms with van der Waals surface area (Å²) in [6.07, 6.45) is -0.782. The fraction of sp³-hybridized carbons (Fsp3) is 0.250. The zero-order valence-corrected chi connectivity index (χ0v) is 14.3. The molecule has 0 spiro atoms. The molecule has 112 valence electrons. The molecule has 0 aliphatic carbocycles. The van der Waals surface area contributed by atoms with Gasteiger partial charge in [-0.25, -0.2) is 0 Å². The summed E-state index contributed by atoms with van der Waals surface area (Å²) in [5.41, 5.74) is 2.39. The van der Waals surface area contributed by atoms with Crippen LogP contribution in [0.15, 0.2) is 34.8 Å². The highest BCUT2D eigenvalue weighted by Crippen LogP contribution is 2.36. The number of aliphatic hydroxyl groups is 1. The van der Waals surface area contributed by atoms with Crippen molar-refractivity contribution in [1.29, 1.82) is 0 Å². The van der Waals surface area contributed by atoms with E-state index in [4.69, 9.17) is 21.1 Å². The molecule has 5 heteroatoms. The van der Waals surface area contributed by atoms with Crippen LogP contribution in [0.4, 0.5) is 0 Å². The average molecular weight is 372 g/mol. The second-order valence-corrected chi connectivity index (χ2v) is 5.90. The summed E-state index contributed by atoms with van der Waals surface area (Å²) in [7, 11) is 3.15. The molecule has 0 heterocycles. The molecule has 2 aromatic rings. The molecule has 0 aromatic heterocycles. The zero-order valence-electron chi connectivity index (χ0n) is 12.0. The minimum Gasteiger partial charge on any atom is -0.493 e. The molecule has 0 radical (unpaired) electrons. The van der Waals surface area contributed by atoms with Crippen LogP contribution in [0, 0.1) is 6.92 Å². The first-order chi connectivity index (χ1) is 9.97. The summed E-state index contributed by atoms with van der Waals surface area (Å²) in [6, 6.07) is 9.02.